The van der Waals surface area contributed by atoms with Crippen LogP contribution < -0.4 is 15.0 Å². The first-order valence-electron chi connectivity index (χ1n) is 10.8. The van der Waals surface area contributed by atoms with Crippen molar-refractivity contribution in [2.45, 2.75) is 12.8 Å². The van der Waals surface area contributed by atoms with E-state index in [2.05, 4.69) is 20.4 Å². The number of hydrogen-bond donors (Lipinski definition) is 1. The number of nitrogens with zero attached hydrogens (tertiary/aromatic N) is 5. The third kappa shape index (κ3) is 3.84. The zero-order chi connectivity index (χ0) is 24.7. The van der Waals surface area contributed by atoms with Crippen LogP contribution in [-0.2, 0) is 11.8 Å². The maximum atomic E-state index is 15.0. The Labute approximate surface area is 198 Å². The van der Waals surface area contributed by atoms with Gasteiger partial charge in [0.15, 0.2) is 11.6 Å². The van der Waals surface area contributed by atoms with Gasteiger partial charge in [0.25, 0.3) is 5.91 Å². The number of halogens is 2. The Kier molecular flexibility index (Phi) is 5.59. The molecule has 0 radical (unpaired) electrons. The predicted octanol–water partition coefficient (Wildman–Crippen LogP) is 3.70. The second kappa shape index (κ2) is 8.75. The largest absolute Gasteiger partial charge is 0.496 e. The van der Waals surface area contributed by atoms with E-state index >= 15 is 0 Å². The van der Waals surface area contributed by atoms with E-state index in [9.17, 15) is 18.4 Å². The number of methoxy groups -OCH3 is 1. The molecule has 5 rings (SSSR count). The van der Waals surface area contributed by atoms with Crippen LogP contribution >= 0.6 is 0 Å². The molecule has 0 unspecified atom stereocenters. The number of anilines is 2. The van der Waals surface area contributed by atoms with Crippen LogP contribution in [0.15, 0.2) is 42.7 Å². The summed E-state index contributed by atoms with van der Waals surface area (Å²) in [5.41, 5.74) is 0.623. The fraction of sp³-hybridized carbons (Fsp3) is 0.208. The van der Waals surface area contributed by atoms with E-state index in [1.807, 2.05) is 0 Å². The Balaban J connectivity index is 1.56. The van der Waals surface area contributed by atoms with Crippen LogP contribution in [0.3, 0.4) is 0 Å². The summed E-state index contributed by atoms with van der Waals surface area (Å²) in [5.74, 6) is -1.86. The van der Waals surface area contributed by atoms with Crippen LogP contribution in [0.2, 0.25) is 0 Å². The molecule has 2 amide bonds. The maximum absolute atomic E-state index is 15.0. The zero-order valence-corrected chi connectivity index (χ0v) is 18.9. The van der Waals surface area contributed by atoms with Crippen molar-refractivity contribution >= 4 is 34.1 Å². The lowest BCUT2D eigenvalue weighted by Gasteiger charge is -2.21. The summed E-state index contributed by atoms with van der Waals surface area (Å²) in [7, 11) is 2.98. The van der Waals surface area contributed by atoms with Crippen molar-refractivity contribution in [3.8, 4) is 17.1 Å². The van der Waals surface area contributed by atoms with Crippen LogP contribution in [0.5, 0.6) is 5.75 Å². The van der Waals surface area contributed by atoms with E-state index in [1.54, 1.807) is 13.1 Å². The Hall–Kier alpha value is -4.41. The van der Waals surface area contributed by atoms with Gasteiger partial charge < -0.3 is 15.0 Å². The second-order valence-electron chi connectivity index (χ2n) is 7.97. The maximum Gasteiger partial charge on any atom is 0.274 e. The van der Waals surface area contributed by atoms with Crippen LogP contribution in [0.4, 0.5) is 20.2 Å². The molecule has 3 heterocycles. The number of ether oxygens (including phenoxy) is 1. The SMILES string of the molecule is COc1cccc(F)c1-c1nccc(C(=O)Nc2cc(F)c3c(cnn3C)c2N2CCCC2=O)n1. The van der Waals surface area contributed by atoms with Gasteiger partial charge in [-0.2, -0.15) is 5.10 Å². The first-order chi connectivity index (χ1) is 16.9. The van der Waals surface area contributed by atoms with Crippen molar-refractivity contribution in [1.82, 2.24) is 19.7 Å². The Morgan fingerprint density at radius 3 is 2.77 bits per heavy atom. The van der Waals surface area contributed by atoms with Crippen molar-refractivity contribution in [3.63, 3.8) is 0 Å². The first-order valence-corrected chi connectivity index (χ1v) is 10.8. The van der Waals surface area contributed by atoms with Crippen LogP contribution in [0.25, 0.3) is 22.3 Å². The van der Waals surface area contributed by atoms with Gasteiger partial charge in [-0.3, -0.25) is 14.3 Å². The summed E-state index contributed by atoms with van der Waals surface area (Å²) in [6.07, 6.45) is 3.78. The lowest BCUT2D eigenvalue weighted by Crippen LogP contribution is -2.26. The average molecular weight is 478 g/mol. The highest BCUT2D eigenvalue weighted by Crippen LogP contribution is 2.39. The fourth-order valence-electron chi connectivity index (χ4n) is 4.26. The summed E-state index contributed by atoms with van der Waals surface area (Å²) in [6, 6.07) is 6.79. The van der Waals surface area contributed by atoms with E-state index in [1.165, 1.54) is 47.3 Å². The number of amides is 2. The Morgan fingerprint density at radius 1 is 1.20 bits per heavy atom. The summed E-state index contributed by atoms with van der Waals surface area (Å²) in [4.78, 5) is 35.5. The molecule has 11 heteroatoms. The molecule has 0 saturated carbocycles. The molecule has 0 aliphatic carbocycles. The number of nitrogens with one attached hydrogen (secondary N) is 1. The Morgan fingerprint density at radius 2 is 2.03 bits per heavy atom. The first kappa shape index (κ1) is 22.4. The third-order valence-electron chi connectivity index (χ3n) is 5.84. The topological polar surface area (TPSA) is 102 Å². The van der Waals surface area contributed by atoms with Gasteiger partial charge in [0, 0.05) is 37.7 Å². The average Bonchev–Trinajstić information content (AvgIpc) is 3.45. The second-order valence-corrected chi connectivity index (χ2v) is 7.97. The van der Waals surface area contributed by atoms with E-state index in [-0.39, 0.29) is 39.9 Å². The predicted molar refractivity (Wildman–Crippen MR) is 124 cm³/mol. The number of rotatable bonds is 5. The molecule has 0 spiro atoms. The van der Waals surface area contributed by atoms with Gasteiger partial charge in [0.1, 0.15) is 22.8 Å². The van der Waals surface area contributed by atoms with Gasteiger partial charge in [-0.1, -0.05) is 6.07 Å². The molecule has 2 aromatic heterocycles. The fourth-order valence-corrected chi connectivity index (χ4v) is 4.26. The summed E-state index contributed by atoms with van der Waals surface area (Å²) >= 11 is 0. The molecular weight excluding hydrogens is 458 g/mol. The minimum Gasteiger partial charge on any atom is -0.496 e. The number of carbonyl (C=O) groups excluding carboxylic acids is 2. The molecule has 1 aliphatic rings. The van der Waals surface area contributed by atoms with Crippen molar-refractivity contribution in [2.24, 2.45) is 7.05 Å². The molecule has 1 fully saturated rings. The molecule has 1 aliphatic heterocycles. The highest BCUT2D eigenvalue weighted by molar-refractivity contribution is 6.13. The monoisotopic (exact) mass is 478 g/mol. The minimum absolute atomic E-state index is 0.0100. The van der Waals surface area contributed by atoms with E-state index in [0.717, 1.165) is 6.07 Å². The van der Waals surface area contributed by atoms with Crippen molar-refractivity contribution in [2.75, 3.05) is 23.9 Å². The minimum atomic E-state index is -0.681. The number of hydrogen-bond acceptors (Lipinski definition) is 6. The van der Waals surface area contributed by atoms with Gasteiger partial charge in [0.2, 0.25) is 5.91 Å². The standard InChI is InChI=1S/C24H20F2N6O3/c1-31-21-13(12-28-31)22(32-10-4-7-19(32)33)17(11-15(21)26)30-24(34)16-8-9-27-23(29-16)20-14(25)5-3-6-18(20)35-2/h3,5-6,8-9,11-12H,4,7,10H2,1-2H3,(H,30,34). The van der Waals surface area contributed by atoms with Crippen LogP contribution in [-0.4, -0.2) is 45.2 Å². The molecule has 0 atom stereocenters. The molecule has 1 N–H and O–H groups in total. The van der Waals surface area contributed by atoms with Crippen LogP contribution in [0, 0.1) is 11.6 Å². The van der Waals surface area contributed by atoms with Crippen molar-refractivity contribution in [3.05, 3.63) is 60.1 Å². The van der Waals surface area contributed by atoms with Gasteiger partial charge in [0.05, 0.1) is 30.2 Å². The summed E-state index contributed by atoms with van der Waals surface area (Å²) in [5, 5.41) is 7.18. The van der Waals surface area contributed by atoms with Gasteiger partial charge in [-0.15, -0.1) is 0 Å². The summed E-state index contributed by atoms with van der Waals surface area (Å²) < 4.78 is 36.1. The zero-order valence-electron chi connectivity index (χ0n) is 18.9. The highest BCUT2D eigenvalue weighted by atomic mass is 19.1. The number of fused-ring (bicyclic) bond motifs is 1. The molecular formula is C24H20F2N6O3. The van der Waals surface area contributed by atoms with E-state index < -0.39 is 17.5 Å². The van der Waals surface area contributed by atoms with E-state index in [0.29, 0.717) is 30.5 Å². The lowest BCUT2D eigenvalue weighted by atomic mass is 10.1. The van der Waals surface area contributed by atoms with Gasteiger partial charge in [-0.05, 0) is 24.6 Å². The number of aryl methyl sites for hydroxylation is 1. The normalized spacial score (nSPS) is 13.5. The van der Waals surface area contributed by atoms with Gasteiger partial charge >= 0.3 is 0 Å². The van der Waals surface area contributed by atoms with Crippen LogP contribution in [0.1, 0.15) is 23.3 Å². The molecule has 1 saturated heterocycles. The molecule has 4 aromatic rings. The highest BCUT2D eigenvalue weighted by Gasteiger charge is 2.29. The van der Waals surface area contributed by atoms with Gasteiger partial charge in [-0.25, -0.2) is 18.7 Å². The Bertz CT molecular complexity index is 1490. The molecule has 35 heavy (non-hydrogen) atoms. The number of aromatic nitrogens is 4. The number of carbonyl (C=O) groups is 2. The van der Waals surface area contributed by atoms with E-state index in [4.69, 9.17) is 4.74 Å². The van der Waals surface area contributed by atoms with Crippen molar-refractivity contribution < 1.29 is 23.1 Å². The summed E-state index contributed by atoms with van der Waals surface area (Å²) in [6.45, 7) is 0.433. The lowest BCUT2D eigenvalue weighted by molar-refractivity contribution is -0.117. The molecule has 2 aromatic carbocycles. The quantitative estimate of drug-likeness (QED) is 0.469. The smallest absolute Gasteiger partial charge is 0.274 e. The molecule has 9 nitrogen and oxygen atoms in total. The third-order valence-corrected chi connectivity index (χ3v) is 5.84. The molecule has 178 valence electrons. The van der Waals surface area contributed by atoms with Crippen molar-refractivity contribution in [1.29, 1.82) is 0 Å². The number of benzene rings is 2. The molecule has 0 bridgehead atoms.